The molecule has 0 saturated carbocycles. The van der Waals surface area contributed by atoms with E-state index in [2.05, 4.69) is 15.1 Å². The molecule has 29 heavy (non-hydrogen) atoms. The summed E-state index contributed by atoms with van der Waals surface area (Å²) in [5, 5.41) is 3.72. The molecule has 0 atom stereocenters. The molecule has 0 aliphatic carbocycles. The van der Waals surface area contributed by atoms with E-state index in [1.165, 1.54) is 0 Å². The Balaban J connectivity index is 2.07. The van der Waals surface area contributed by atoms with Gasteiger partial charge >= 0.3 is 16.2 Å². The molecule has 0 aliphatic heterocycles. The van der Waals surface area contributed by atoms with Gasteiger partial charge in [-0.1, -0.05) is 6.07 Å². The number of rotatable bonds is 6. The summed E-state index contributed by atoms with van der Waals surface area (Å²) in [7, 11) is -4.93. The van der Waals surface area contributed by atoms with Gasteiger partial charge in [0.1, 0.15) is 5.69 Å². The van der Waals surface area contributed by atoms with Gasteiger partial charge in [0.05, 0.1) is 12.8 Å². The number of anilines is 2. The normalized spacial score (nSPS) is 11.5. The van der Waals surface area contributed by atoms with Crippen LogP contribution in [0.2, 0.25) is 0 Å². The number of carbonyl (C=O) groups is 1. The molecule has 0 saturated heterocycles. The molecule has 10 nitrogen and oxygen atoms in total. The molecule has 3 rings (SSSR count). The standard InChI is InChI=1S/C15H13F3N6O4S/c1-3-28-15-19-7-11(18)13-20-14(21-23(13)15)22-29(26,27)24(8(2)25)12-9(16)5-4-6-10(12)17/h4-7H,3H2,1-2H3,(H,21,22). The van der Waals surface area contributed by atoms with Crippen LogP contribution in [0.1, 0.15) is 13.8 Å². The predicted octanol–water partition coefficient (Wildman–Crippen LogP) is 1.65. The Hall–Kier alpha value is -3.42. The lowest BCUT2D eigenvalue weighted by Gasteiger charge is -2.21. The highest BCUT2D eigenvalue weighted by atomic mass is 32.2. The molecule has 0 fully saturated rings. The molecule has 0 aliphatic rings. The van der Waals surface area contributed by atoms with Crippen LogP contribution in [0.4, 0.5) is 24.8 Å². The van der Waals surface area contributed by atoms with E-state index in [0.29, 0.717) is 0 Å². The lowest BCUT2D eigenvalue weighted by atomic mass is 10.3. The molecule has 154 valence electrons. The van der Waals surface area contributed by atoms with Gasteiger partial charge in [0, 0.05) is 6.92 Å². The number of halogens is 3. The average molecular weight is 430 g/mol. The third-order valence-corrected chi connectivity index (χ3v) is 4.81. The monoisotopic (exact) mass is 430 g/mol. The van der Waals surface area contributed by atoms with E-state index < -0.39 is 50.9 Å². The first-order valence-corrected chi connectivity index (χ1v) is 9.41. The molecule has 1 N–H and O–H groups in total. The summed E-state index contributed by atoms with van der Waals surface area (Å²) in [4.78, 5) is 19.2. The second-order valence-corrected chi connectivity index (χ2v) is 6.97. The quantitative estimate of drug-likeness (QED) is 0.632. The minimum Gasteiger partial charge on any atom is -0.464 e. The van der Waals surface area contributed by atoms with Crippen molar-refractivity contribution < 1.29 is 31.1 Å². The maximum Gasteiger partial charge on any atom is 0.333 e. The molecule has 2 aromatic heterocycles. The SMILES string of the molecule is CCOc1ncc(F)c2nc(NS(=O)(=O)N(C(C)=O)c3c(F)cccc3F)nn12. The van der Waals surface area contributed by atoms with Crippen LogP contribution in [0.25, 0.3) is 5.65 Å². The zero-order chi connectivity index (χ0) is 21.3. The van der Waals surface area contributed by atoms with Crippen molar-refractivity contribution in [3.05, 3.63) is 41.8 Å². The third kappa shape index (κ3) is 3.78. The van der Waals surface area contributed by atoms with E-state index in [4.69, 9.17) is 4.74 Å². The van der Waals surface area contributed by atoms with Gasteiger partial charge in [0.2, 0.25) is 5.91 Å². The average Bonchev–Trinajstić information content (AvgIpc) is 3.04. The van der Waals surface area contributed by atoms with Gasteiger partial charge in [-0.15, -0.1) is 5.10 Å². The topological polar surface area (TPSA) is 119 Å². The highest BCUT2D eigenvalue weighted by Crippen LogP contribution is 2.27. The summed E-state index contributed by atoms with van der Waals surface area (Å²) in [6.07, 6.45) is 0.796. The first-order chi connectivity index (χ1) is 13.7. The van der Waals surface area contributed by atoms with Crippen molar-refractivity contribution in [2.45, 2.75) is 13.8 Å². The third-order valence-electron chi connectivity index (χ3n) is 3.45. The Morgan fingerprint density at radius 1 is 1.24 bits per heavy atom. The molecule has 1 amide bonds. The number of nitrogens with one attached hydrogen (secondary N) is 1. The summed E-state index contributed by atoms with van der Waals surface area (Å²) in [5.41, 5.74) is -1.54. The van der Waals surface area contributed by atoms with Gasteiger partial charge in [0.15, 0.2) is 23.1 Å². The van der Waals surface area contributed by atoms with Gasteiger partial charge in [-0.3, -0.25) is 4.79 Å². The number of amides is 1. The summed E-state index contributed by atoms with van der Waals surface area (Å²) >= 11 is 0. The molecule has 14 heteroatoms. The number of ether oxygens (including phenoxy) is 1. The van der Waals surface area contributed by atoms with E-state index in [1.807, 2.05) is 0 Å². The first-order valence-electron chi connectivity index (χ1n) is 7.97. The predicted molar refractivity (Wildman–Crippen MR) is 94.0 cm³/mol. The maximum atomic E-state index is 14.1. The zero-order valence-corrected chi connectivity index (χ0v) is 15.7. The smallest absolute Gasteiger partial charge is 0.333 e. The van der Waals surface area contributed by atoms with Crippen molar-refractivity contribution in [1.29, 1.82) is 0 Å². The van der Waals surface area contributed by atoms with E-state index in [-0.39, 0.29) is 16.9 Å². The summed E-state index contributed by atoms with van der Waals surface area (Å²) in [6.45, 7) is 2.57. The van der Waals surface area contributed by atoms with Crippen molar-refractivity contribution in [1.82, 2.24) is 19.6 Å². The summed E-state index contributed by atoms with van der Waals surface area (Å²) in [6, 6.07) is 2.39. The van der Waals surface area contributed by atoms with Crippen molar-refractivity contribution >= 4 is 33.4 Å². The lowest BCUT2D eigenvalue weighted by molar-refractivity contribution is -0.115. The zero-order valence-electron chi connectivity index (χ0n) is 14.9. The number of nitrogens with zero attached hydrogens (tertiary/aromatic N) is 5. The number of hydrogen-bond donors (Lipinski definition) is 1. The fourth-order valence-electron chi connectivity index (χ4n) is 2.39. The molecule has 3 aromatic rings. The molecule has 0 unspecified atom stereocenters. The maximum absolute atomic E-state index is 14.1. The van der Waals surface area contributed by atoms with Crippen LogP contribution in [0.3, 0.4) is 0 Å². The van der Waals surface area contributed by atoms with Gasteiger partial charge in [-0.25, -0.2) is 22.9 Å². The largest absolute Gasteiger partial charge is 0.464 e. The summed E-state index contributed by atoms with van der Waals surface area (Å²) < 4.78 is 74.9. The van der Waals surface area contributed by atoms with Gasteiger partial charge in [-0.2, -0.15) is 22.2 Å². The molecular formula is C15H13F3N6O4S. The van der Waals surface area contributed by atoms with Crippen molar-refractivity contribution in [3.8, 4) is 6.01 Å². The number of benzene rings is 1. The van der Waals surface area contributed by atoms with Crippen LogP contribution in [0, 0.1) is 17.5 Å². The Bertz CT molecular complexity index is 1180. The Labute approximate surface area is 162 Å². The number of para-hydroxylation sites is 1. The highest BCUT2D eigenvalue weighted by Gasteiger charge is 2.33. The van der Waals surface area contributed by atoms with Crippen LogP contribution in [-0.2, 0) is 15.0 Å². The summed E-state index contributed by atoms with van der Waals surface area (Å²) in [5.74, 6) is -5.41. The fourth-order valence-corrected chi connectivity index (χ4v) is 3.55. The van der Waals surface area contributed by atoms with Crippen LogP contribution in [0.15, 0.2) is 24.4 Å². The Morgan fingerprint density at radius 3 is 2.48 bits per heavy atom. The van der Waals surface area contributed by atoms with Crippen molar-refractivity contribution in [2.24, 2.45) is 0 Å². The first kappa shape index (κ1) is 20.3. The van der Waals surface area contributed by atoms with Crippen LogP contribution in [-0.4, -0.2) is 40.5 Å². The Morgan fingerprint density at radius 2 is 1.90 bits per heavy atom. The number of carbonyl (C=O) groups excluding carboxylic acids is 1. The van der Waals surface area contributed by atoms with E-state index >= 15 is 0 Å². The minimum absolute atomic E-state index is 0.124. The van der Waals surface area contributed by atoms with Crippen molar-refractivity contribution in [3.63, 3.8) is 0 Å². The second-order valence-electron chi connectivity index (χ2n) is 5.45. The van der Waals surface area contributed by atoms with Crippen molar-refractivity contribution in [2.75, 3.05) is 15.6 Å². The molecule has 0 radical (unpaired) electrons. The van der Waals surface area contributed by atoms with Gasteiger partial charge < -0.3 is 4.74 Å². The Kier molecular flexibility index (Phi) is 5.28. The van der Waals surface area contributed by atoms with Crippen LogP contribution < -0.4 is 13.8 Å². The van der Waals surface area contributed by atoms with E-state index in [0.717, 1.165) is 35.8 Å². The number of aromatic nitrogens is 4. The molecular weight excluding hydrogens is 417 g/mol. The van der Waals surface area contributed by atoms with E-state index in [1.54, 1.807) is 11.6 Å². The lowest BCUT2D eigenvalue weighted by Crippen LogP contribution is -2.40. The number of fused-ring (bicyclic) bond motifs is 1. The molecule has 0 spiro atoms. The van der Waals surface area contributed by atoms with Crippen LogP contribution >= 0.6 is 0 Å². The second kappa shape index (κ2) is 7.54. The minimum atomic E-state index is -4.93. The molecule has 2 heterocycles. The number of hydrogen-bond acceptors (Lipinski definition) is 7. The molecule has 1 aromatic carbocycles. The van der Waals surface area contributed by atoms with Crippen LogP contribution in [0.5, 0.6) is 6.01 Å². The molecule has 0 bridgehead atoms. The van der Waals surface area contributed by atoms with Gasteiger partial charge in [-0.05, 0) is 19.1 Å². The fraction of sp³-hybridized carbons (Fsp3) is 0.200. The van der Waals surface area contributed by atoms with Gasteiger partial charge in [0.25, 0.3) is 5.95 Å². The highest BCUT2D eigenvalue weighted by molar-refractivity contribution is 7.94. The van der Waals surface area contributed by atoms with E-state index in [9.17, 15) is 26.4 Å².